The maximum Gasteiger partial charge on any atom is 0.0142 e. The van der Waals surface area contributed by atoms with Gasteiger partial charge >= 0.3 is 0 Å². The zero-order chi connectivity index (χ0) is 14.7. The molecule has 1 aromatic rings. The van der Waals surface area contributed by atoms with Crippen molar-refractivity contribution in [2.75, 3.05) is 0 Å². The minimum Gasteiger partial charge on any atom is -0.328 e. The molecule has 0 aliphatic heterocycles. The van der Waals surface area contributed by atoms with E-state index in [4.69, 9.17) is 5.73 Å². The molecule has 0 radical (unpaired) electrons. The molecule has 2 fully saturated rings. The summed E-state index contributed by atoms with van der Waals surface area (Å²) in [5.74, 6) is 0.755. The SMILES string of the molecule is CC/C(=C\c1ccccc1)C1CC1NC1CCC(N)CC1.Cl.Cl. The van der Waals surface area contributed by atoms with Gasteiger partial charge in [0.15, 0.2) is 0 Å². The van der Waals surface area contributed by atoms with E-state index in [2.05, 4.69) is 48.6 Å². The van der Waals surface area contributed by atoms with Gasteiger partial charge in [0, 0.05) is 18.1 Å². The van der Waals surface area contributed by atoms with E-state index in [9.17, 15) is 0 Å². The van der Waals surface area contributed by atoms with Crippen molar-refractivity contribution in [2.24, 2.45) is 11.7 Å². The number of halogens is 2. The number of benzene rings is 1. The van der Waals surface area contributed by atoms with Crippen molar-refractivity contribution in [3.63, 3.8) is 0 Å². The van der Waals surface area contributed by atoms with Gasteiger partial charge in [-0.15, -0.1) is 24.8 Å². The zero-order valence-electron chi connectivity index (χ0n) is 13.9. The van der Waals surface area contributed by atoms with Gasteiger partial charge in [0.1, 0.15) is 0 Å². The summed E-state index contributed by atoms with van der Waals surface area (Å²) in [6.45, 7) is 2.28. The van der Waals surface area contributed by atoms with Crippen LogP contribution in [0.2, 0.25) is 0 Å². The van der Waals surface area contributed by atoms with Crippen molar-refractivity contribution in [1.29, 1.82) is 0 Å². The molecule has 1 aromatic carbocycles. The Morgan fingerprint density at radius 1 is 1.13 bits per heavy atom. The average Bonchev–Trinajstić information content (AvgIpc) is 3.27. The Bertz CT molecular complexity index is 481. The van der Waals surface area contributed by atoms with Crippen molar-refractivity contribution < 1.29 is 0 Å². The van der Waals surface area contributed by atoms with E-state index in [-0.39, 0.29) is 24.8 Å². The predicted octanol–water partition coefficient (Wildman–Crippen LogP) is 4.57. The van der Waals surface area contributed by atoms with Gasteiger partial charge in [-0.25, -0.2) is 0 Å². The molecule has 3 rings (SSSR count). The van der Waals surface area contributed by atoms with Crippen molar-refractivity contribution in [2.45, 2.75) is 63.6 Å². The van der Waals surface area contributed by atoms with Crippen LogP contribution >= 0.6 is 24.8 Å². The second-order valence-electron chi connectivity index (χ2n) is 6.71. The number of hydrogen-bond donors (Lipinski definition) is 2. The van der Waals surface area contributed by atoms with E-state index < -0.39 is 0 Å². The van der Waals surface area contributed by atoms with Crippen molar-refractivity contribution in [1.82, 2.24) is 5.32 Å². The third kappa shape index (κ3) is 5.79. The van der Waals surface area contributed by atoms with Crippen molar-refractivity contribution in [3.8, 4) is 0 Å². The number of rotatable bonds is 5. The van der Waals surface area contributed by atoms with E-state index in [1.54, 1.807) is 5.57 Å². The van der Waals surface area contributed by atoms with Crippen LogP contribution < -0.4 is 11.1 Å². The van der Waals surface area contributed by atoms with Gasteiger partial charge in [-0.3, -0.25) is 0 Å². The van der Waals surface area contributed by atoms with Crippen LogP contribution in [0.4, 0.5) is 0 Å². The Kier molecular flexibility index (Phi) is 8.63. The smallest absolute Gasteiger partial charge is 0.0142 e. The summed E-state index contributed by atoms with van der Waals surface area (Å²) in [5.41, 5.74) is 8.93. The number of nitrogens with two attached hydrogens (primary N) is 1. The molecule has 4 heteroatoms. The van der Waals surface area contributed by atoms with E-state index in [0.717, 1.165) is 12.3 Å². The molecule has 0 spiro atoms. The highest BCUT2D eigenvalue weighted by molar-refractivity contribution is 5.85. The Balaban J connectivity index is 0.00000132. The summed E-state index contributed by atoms with van der Waals surface area (Å²) in [7, 11) is 0. The lowest BCUT2D eigenvalue weighted by Gasteiger charge is -2.27. The van der Waals surface area contributed by atoms with Crippen LogP contribution in [0.3, 0.4) is 0 Å². The molecule has 0 bridgehead atoms. The summed E-state index contributed by atoms with van der Waals surface area (Å²) < 4.78 is 0. The Hall–Kier alpha value is -0.540. The molecule has 2 unspecified atom stereocenters. The second-order valence-corrected chi connectivity index (χ2v) is 6.71. The molecule has 0 saturated heterocycles. The van der Waals surface area contributed by atoms with Gasteiger partial charge in [-0.05, 0) is 50.0 Å². The van der Waals surface area contributed by atoms with Crippen LogP contribution in [0, 0.1) is 5.92 Å². The molecule has 2 aliphatic carbocycles. The zero-order valence-corrected chi connectivity index (χ0v) is 15.5. The largest absolute Gasteiger partial charge is 0.328 e. The molecule has 2 atom stereocenters. The summed E-state index contributed by atoms with van der Waals surface area (Å²) >= 11 is 0. The lowest BCUT2D eigenvalue weighted by Crippen LogP contribution is -2.38. The quantitative estimate of drug-likeness (QED) is 0.810. The predicted molar refractivity (Wildman–Crippen MR) is 104 cm³/mol. The van der Waals surface area contributed by atoms with Crippen LogP contribution in [0.1, 0.15) is 51.0 Å². The van der Waals surface area contributed by atoms with Gasteiger partial charge in [0.05, 0.1) is 0 Å². The van der Waals surface area contributed by atoms with Crippen LogP contribution in [0.25, 0.3) is 6.08 Å². The van der Waals surface area contributed by atoms with Gasteiger partial charge in [-0.2, -0.15) is 0 Å². The number of hydrogen-bond acceptors (Lipinski definition) is 2. The minimum atomic E-state index is 0. The van der Waals surface area contributed by atoms with E-state index in [0.29, 0.717) is 18.1 Å². The topological polar surface area (TPSA) is 38.0 Å². The third-order valence-corrected chi connectivity index (χ3v) is 5.05. The van der Waals surface area contributed by atoms with Gasteiger partial charge in [-0.1, -0.05) is 48.9 Å². The van der Waals surface area contributed by atoms with Crippen LogP contribution in [0.5, 0.6) is 0 Å². The Morgan fingerprint density at radius 2 is 1.78 bits per heavy atom. The minimum absolute atomic E-state index is 0. The maximum atomic E-state index is 5.99. The van der Waals surface area contributed by atoms with Crippen LogP contribution in [0.15, 0.2) is 35.9 Å². The van der Waals surface area contributed by atoms with Gasteiger partial charge < -0.3 is 11.1 Å². The monoisotopic (exact) mass is 356 g/mol. The van der Waals surface area contributed by atoms with E-state index in [1.165, 1.54) is 37.7 Å². The summed E-state index contributed by atoms with van der Waals surface area (Å²) in [6, 6.07) is 12.6. The first kappa shape index (κ1) is 20.5. The average molecular weight is 357 g/mol. The number of nitrogens with one attached hydrogen (secondary N) is 1. The molecule has 0 amide bonds. The maximum absolute atomic E-state index is 5.99. The Morgan fingerprint density at radius 3 is 2.39 bits per heavy atom. The first-order valence-electron chi connectivity index (χ1n) is 8.53. The molecular weight excluding hydrogens is 327 g/mol. The standard InChI is InChI=1S/C19H28N2.2ClH/c1-2-15(12-14-6-4-3-5-7-14)18-13-19(18)21-17-10-8-16(20)9-11-17;;/h3-7,12,16-19,21H,2,8-11,13,20H2,1H3;2*1H/b15-12+;;. The fourth-order valence-electron chi connectivity index (χ4n) is 3.61. The highest BCUT2D eigenvalue weighted by Crippen LogP contribution is 2.40. The Labute approximate surface area is 153 Å². The molecule has 2 nitrogen and oxygen atoms in total. The van der Waals surface area contributed by atoms with Gasteiger partial charge in [0.25, 0.3) is 0 Å². The summed E-state index contributed by atoms with van der Waals surface area (Å²) in [4.78, 5) is 0. The van der Waals surface area contributed by atoms with Crippen LogP contribution in [-0.4, -0.2) is 18.1 Å². The van der Waals surface area contributed by atoms with E-state index >= 15 is 0 Å². The molecule has 2 aliphatic rings. The molecule has 2 saturated carbocycles. The fraction of sp³-hybridized carbons (Fsp3) is 0.579. The molecule has 3 N–H and O–H groups in total. The third-order valence-electron chi connectivity index (χ3n) is 5.05. The molecular formula is C19H30Cl2N2. The highest BCUT2D eigenvalue weighted by Gasteiger charge is 2.40. The van der Waals surface area contributed by atoms with Crippen molar-refractivity contribution in [3.05, 3.63) is 41.5 Å². The molecule has 0 heterocycles. The molecule has 130 valence electrons. The van der Waals surface area contributed by atoms with Gasteiger partial charge in [0.2, 0.25) is 0 Å². The lowest BCUT2D eigenvalue weighted by molar-refractivity contribution is 0.338. The fourth-order valence-corrected chi connectivity index (χ4v) is 3.61. The summed E-state index contributed by atoms with van der Waals surface area (Å²) in [6.07, 6.45) is 9.76. The highest BCUT2D eigenvalue weighted by atomic mass is 35.5. The molecule has 0 aromatic heterocycles. The first-order valence-corrected chi connectivity index (χ1v) is 8.53. The first-order chi connectivity index (χ1) is 10.3. The second kappa shape index (κ2) is 9.68. The van der Waals surface area contributed by atoms with Crippen molar-refractivity contribution >= 4 is 30.9 Å². The van der Waals surface area contributed by atoms with E-state index in [1.807, 2.05) is 0 Å². The lowest BCUT2D eigenvalue weighted by atomic mass is 9.91. The normalized spacial score (nSPS) is 30.1. The summed E-state index contributed by atoms with van der Waals surface area (Å²) in [5, 5.41) is 3.87. The molecule has 23 heavy (non-hydrogen) atoms. The van der Waals surface area contributed by atoms with Crippen LogP contribution in [-0.2, 0) is 0 Å².